The van der Waals surface area contributed by atoms with Crippen molar-refractivity contribution in [2.45, 2.75) is 309 Å². The van der Waals surface area contributed by atoms with E-state index in [0.29, 0.717) is 93.3 Å². The summed E-state index contributed by atoms with van der Waals surface area (Å²) in [5.41, 5.74) is 19.4. The Kier molecular flexibility index (Phi) is 36.3. The zero-order chi connectivity index (χ0) is 90.2. The topological polar surface area (TPSA) is 224 Å². The van der Waals surface area contributed by atoms with Gasteiger partial charge in [-0.05, 0) is 346 Å². The van der Waals surface area contributed by atoms with Gasteiger partial charge in [0.15, 0.2) is 9.84 Å². The second-order valence-corrected chi connectivity index (χ2v) is 48.7. The van der Waals surface area contributed by atoms with Crippen LogP contribution in [0.4, 0.5) is 4.39 Å². The maximum Gasteiger partial charge on any atom is 0.210 e. The summed E-state index contributed by atoms with van der Waals surface area (Å²) in [7, 11) is -12.4. The lowest BCUT2D eigenvalue weighted by molar-refractivity contribution is 0.0964. The van der Waals surface area contributed by atoms with Crippen LogP contribution in [0.5, 0.6) is 0 Å². The summed E-state index contributed by atoms with van der Waals surface area (Å²) in [6.07, 6.45) is 63.3. The van der Waals surface area contributed by atoms with Crippen molar-refractivity contribution in [3.8, 4) is 0 Å². The fourth-order valence-electron chi connectivity index (χ4n) is 24.5. The predicted molar refractivity (Wildman–Crippen MR) is 512 cm³/mol. The number of benzene rings is 1. The number of halogens is 1. The lowest BCUT2D eigenvalue weighted by Gasteiger charge is -2.44. The minimum Gasteiger partial charge on any atom is -0.393 e. The average Bonchev–Trinajstić information content (AvgIpc) is 1.63. The summed E-state index contributed by atoms with van der Waals surface area (Å²) in [6.45, 7) is 41.4. The molecule has 0 spiro atoms. The molecule has 0 saturated heterocycles. The van der Waals surface area contributed by atoms with E-state index in [-0.39, 0.29) is 41.2 Å². The Morgan fingerprint density at radius 3 is 1.24 bits per heavy atom. The second-order valence-electron chi connectivity index (χ2n) is 40.3. The fraction of sp³-hybridized carbons (Fsp3) is 0.623. The first-order valence-corrected chi connectivity index (χ1v) is 54.4. The molecule has 12 aliphatic rings. The highest BCUT2D eigenvalue weighted by Gasteiger charge is 2.53. The van der Waals surface area contributed by atoms with E-state index in [1.165, 1.54) is 151 Å². The minimum absolute atomic E-state index is 0.0422. The van der Waals surface area contributed by atoms with Crippen molar-refractivity contribution < 1.29 is 54.3 Å². The molecule has 0 aromatic heterocycles. The van der Waals surface area contributed by atoms with Crippen LogP contribution in [0.1, 0.15) is 280 Å². The van der Waals surface area contributed by atoms with Crippen molar-refractivity contribution in [3.05, 3.63) is 231 Å². The molecular weight excluding hydrogens is 1610 g/mol. The molecule has 0 radical (unpaired) electrons. The molecule has 682 valence electrons. The van der Waals surface area contributed by atoms with E-state index < -0.39 is 44.4 Å². The fourth-order valence-corrected chi connectivity index (χ4v) is 27.6. The molecule has 12 aliphatic carbocycles. The van der Waals surface area contributed by atoms with Gasteiger partial charge in [0.2, 0.25) is 15.0 Å². The van der Waals surface area contributed by atoms with Crippen molar-refractivity contribution in [1.82, 2.24) is 0 Å². The molecule has 123 heavy (non-hydrogen) atoms. The summed E-state index contributed by atoms with van der Waals surface area (Å²) >= 11 is 0. The summed E-state index contributed by atoms with van der Waals surface area (Å²) in [5, 5.41) is 40.4. The number of sulfone groups is 3. The molecule has 6 unspecified atom stereocenters. The number of hydrogen-bond donors (Lipinski definition) is 5. The van der Waals surface area contributed by atoms with E-state index in [4.69, 9.17) is 4.78 Å². The molecule has 0 amide bonds. The monoisotopic (exact) mass is 1770 g/mol. The largest absolute Gasteiger partial charge is 0.393 e. The van der Waals surface area contributed by atoms with Gasteiger partial charge >= 0.3 is 0 Å². The molecule has 0 aliphatic heterocycles. The van der Waals surface area contributed by atoms with Gasteiger partial charge in [-0.3, -0.25) is 0 Å². The predicted octanol–water partition coefficient (Wildman–Crippen LogP) is 25.3. The van der Waals surface area contributed by atoms with E-state index in [9.17, 15) is 54.3 Å². The van der Waals surface area contributed by atoms with Crippen LogP contribution < -0.4 is 0 Å². The Hall–Kier alpha value is -5.63. The molecule has 10 saturated carbocycles. The molecule has 17 heteroatoms. The minimum atomic E-state index is -3.76. The Labute approximate surface area is 744 Å². The lowest BCUT2D eigenvalue weighted by atomic mass is 9.61. The summed E-state index contributed by atoms with van der Waals surface area (Å²) in [6, 6.07) is 9.34. The van der Waals surface area contributed by atoms with Crippen LogP contribution in [0.15, 0.2) is 236 Å². The van der Waals surface area contributed by atoms with Crippen molar-refractivity contribution in [2.24, 2.45) is 80.8 Å². The van der Waals surface area contributed by atoms with E-state index in [1.807, 2.05) is 36.4 Å². The van der Waals surface area contributed by atoms with Crippen LogP contribution in [0.2, 0.25) is 0 Å². The quantitative estimate of drug-likeness (QED) is 0.0687. The standard InChI is InChI=1S/C29H41NO2S.C25H35FO3S.2C25H38O3S.C2H4/c1-21-11-14-25(31)20-24(21)13-12-23-8-7-18-29(3)27(15-16-28(23)29)22(2)17-19-33(30,32)26-9-5-4-6-10-26;1-17-7-11-21(27)16-20(17)10-9-19-6-5-15-25(3)22(12-13-23(19)25)18(2)8-14-24(26)30(4,28)29;2*1-18-9-12-22(26)17-21(18)11-10-20-8-5-15-25(3)23(13-14-24(20)25)19(2)7-6-16-29(4,27)28;1-2/h4-6,9-10,12-13,22,25,27-28,30-31H,1,7-8,11,14-20H2,2-3H3;9-10,12,14,18,21,23,27H,1,5-8,11,13,15-16H2,2-4H3;10-11,13,19,22,24,26H,1,5-9,12,14-17H2,2-4H3;6,10-11,16,19,22-24,26H,1,5,7-9,12-15,17H2,2-4H3;1-2H2/b23-12+,24-13-;19-9+,20-10-,24-14+;20-10+,21-11-;16-6+,20-10+,21-11-;/t22?,25-,27?,28?,29+,33?;18-,21+,23+,25-;19-,22+,24+,25-;19?,22-,23?,24-,25+;/m0110./s1. The molecule has 5 N–H and O–H groups in total. The third kappa shape index (κ3) is 26.6. The molecule has 0 heterocycles. The maximum atomic E-state index is 13.8. The number of allylic oxidation sites excluding steroid dienone is 22. The third-order valence-corrected chi connectivity index (χ3v) is 35.9. The number of nitrogens with one attached hydrogen (secondary N) is 1. The molecule has 1 aromatic rings. The van der Waals surface area contributed by atoms with Gasteiger partial charge in [0, 0.05) is 40.6 Å². The van der Waals surface area contributed by atoms with Crippen LogP contribution in [0.25, 0.3) is 0 Å². The first-order valence-electron chi connectivity index (χ1n) is 46.8. The van der Waals surface area contributed by atoms with Gasteiger partial charge in [-0.25, -0.2) is 34.2 Å². The van der Waals surface area contributed by atoms with Gasteiger partial charge in [0.05, 0.1) is 34.1 Å². The van der Waals surface area contributed by atoms with E-state index in [0.717, 1.165) is 152 Å². The van der Waals surface area contributed by atoms with Gasteiger partial charge in [0.25, 0.3) is 0 Å². The van der Waals surface area contributed by atoms with E-state index in [1.54, 1.807) is 16.7 Å². The van der Waals surface area contributed by atoms with Crippen LogP contribution in [0, 0.1) is 85.6 Å². The second kappa shape index (κ2) is 44.1. The van der Waals surface area contributed by atoms with E-state index in [2.05, 4.69) is 156 Å². The first-order chi connectivity index (χ1) is 57.9. The van der Waals surface area contributed by atoms with Crippen molar-refractivity contribution >= 4 is 39.2 Å². The average molecular weight is 1770 g/mol. The number of rotatable bonds is 22. The highest BCUT2D eigenvalue weighted by Crippen LogP contribution is 2.63. The van der Waals surface area contributed by atoms with E-state index >= 15 is 0 Å². The zero-order valence-electron chi connectivity index (χ0n) is 77.0. The van der Waals surface area contributed by atoms with Crippen molar-refractivity contribution in [3.63, 3.8) is 0 Å². The SMILES string of the molecule is C=C.C=C1CC[C@H](O)C/C1=C/C=C1\CCC[C@@]2(C)C1CCC2C(C)CCS(=N)(=O)c1ccccc1.C=C1CC[C@H](O)C/C1=C/C=C1\CCC[C@]2(C)C(C(C)C/C=C/S(C)(=O)=O)CC[C@@H]12.C=C1CC[C@H](O)C/C1=C/C=C1\CCC[C@]2(C)C([C@H](C)C/C=C(\F)S(C)(=O)=O)=CC[C@@H]12.C=C1CC[C@H](O)C/C1=C/C=C1\CCC[C@]2(C)C([C@H](C)CCCS(C)(=O)=O)=CC[C@@H]12. The van der Waals surface area contributed by atoms with Crippen molar-refractivity contribution in [1.29, 1.82) is 4.78 Å². The first kappa shape index (κ1) is 101. The van der Waals surface area contributed by atoms with Crippen LogP contribution in [-0.4, -0.2) is 105 Å². The van der Waals surface area contributed by atoms with Crippen LogP contribution in [-0.2, 0) is 39.2 Å². The molecule has 10 fully saturated rings. The molecule has 13 rings (SSSR count). The highest BCUT2D eigenvalue weighted by molar-refractivity contribution is 7.94. The Balaban J connectivity index is 0.000000185. The summed E-state index contributed by atoms with van der Waals surface area (Å²) in [4.78, 5) is 0.665. The third-order valence-electron chi connectivity index (χ3n) is 31.5. The van der Waals surface area contributed by atoms with Gasteiger partial charge in [-0.15, -0.1) is 13.2 Å². The molecular formula is C106H156FNO11S4. The molecule has 12 nitrogen and oxygen atoms in total. The number of fused-ring (bicyclic) bond motifs is 4. The van der Waals surface area contributed by atoms with Crippen molar-refractivity contribution in [2.75, 3.05) is 30.3 Å². The van der Waals surface area contributed by atoms with Gasteiger partial charge in [-0.1, -0.05) is 222 Å². The van der Waals surface area contributed by atoms with Crippen LogP contribution >= 0.6 is 0 Å². The maximum absolute atomic E-state index is 13.8. The Bertz CT molecular complexity index is 4810. The van der Waals surface area contributed by atoms with Gasteiger partial charge < -0.3 is 20.4 Å². The summed E-state index contributed by atoms with van der Waals surface area (Å²) in [5.74, 6) is 5.76. The number of aliphatic hydroxyl groups is 4. The summed E-state index contributed by atoms with van der Waals surface area (Å²) < 4.78 is 104. The number of aliphatic hydroxyl groups excluding tert-OH is 4. The Morgan fingerprint density at radius 2 is 0.854 bits per heavy atom. The zero-order valence-corrected chi connectivity index (χ0v) is 80.3. The van der Waals surface area contributed by atoms with Gasteiger partial charge in [0.1, 0.15) is 9.84 Å². The molecule has 1 aromatic carbocycles. The molecule has 19 atom stereocenters. The van der Waals surface area contributed by atoms with Crippen LogP contribution in [0.3, 0.4) is 0 Å². The normalized spacial score (nSPS) is 34.8. The smallest absolute Gasteiger partial charge is 0.210 e. The molecule has 0 bridgehead atoms. The highest BCUT2D eigenvalue weighted by atomic mass is 32.2. The lowest BCUT2D eigenvalue weighted by Crippen LogP contribution is -2.36. The Morgan fingerprint density at radius 1 is 0.480 bits per heavy atom. The van der Waals surface area contributed by atoms with Gasteiger partial charge in [-0.2, -0.15) is 4.39 Å². The number of hydrogen-bond acceptors (Lipinski definition) is 12.